The zero-order chi connectivity index (χ0) is 16.8. The van der Waals surface area contributed by atoms with Gasteiger partial charge in [0.05, 0.1) is 0 Å². The number of imide groups is 1. The summed E-state index contributed by atoms with van der Waals surface area (Å²) in [4.78, 5) is 36.7. The molecule has 0 unspecified atom stereocenters. The van der Waals surface area contributed by atoms with Crippen molar-refractivity contribution in [3.05, 3.63) is 35.6 Å². The first-order chi connectivity index (χ1) is 11.0. The molecule has 6 nitrogen and oxygen atoms in total. The van der Waals surface area contributed by atoms with Gasteiger partial charge in [-0.1, -0.05) is 12.1 Å². The van der Waals surface area contributed by atoms with Gasteiger partial charge in [-0.3, -0.25) is 14.9 Å². The Morgan fingerprint density at radius 1 is 1.17 bits per heavy atom. The highest BCUT2D eigenvalue weighted by molar-refractivity contribution is 5.95. The van der Waals surface area contributed by atoms with Crippen LogP contribution in [0, 0.1) is 11.7 Å². The Morgan fingerprint density at radius 2 is 1.78 bits per heavy atom. The van der Waals surface area contributed by atoms with Crippen LogP contribution < -0.4 is 10.6 Å². The lowest BCUT2D eigenvalue weighted by molar-refractivity contribution is -0.133. The Morgan fingerprint density at radius 3 is 2.35 bits per heavy atom. The molecule has 2 N–H and O–H groups in total. The fourth-order valence-corrected chi connectivity index (χ4v) is 2.50. The summed E-state index contributed by atoms with van der Waals surface area (Å²) in [5, 5.41) is 4.87. The molecule has 124 valence electrons. The van der Waals surface area contributed by atoms with Gasteiger partial charge in [0.25, 0.3) is 0 Å². The van der Waals surface area contributed by atoms with Crippen LogP contribution in [-0.4, -0.2) is 35.8 Å². The van der Waals surface area contributed by atoms with Crippen LogP contribution in [0.4, 0.5) is 9.18 Å². The molecule has 1 aliphatic heterocycles. The lowest BCUT2D eigenvalue weighted by atomic mass is 9.96. The molecule has 1 fully saturated rings. The molecular formula is C16H20FN3O3. The lowest BCUT2D eigenvalue weighted by Gasteiger charge is -2.30. The van der Waals surface area contributed by atoms with Gasteiger partial charge in [0.2, 0.25) is 11.8 Å². The maximum atomic E-state index is 12.8. The van der Waals surface area contributed by atoms with Crippen molar-refractivity contribution < 1.29 is 18.8 Å². The predicted octanol–water partition coefficient (Wildman–Crippen LogP) is 1.41. The summed E-state index contributed by atoms with van der Waals surface area (Å²) < 4.78 is 12.8. The lowest BCUT2D eigenvalue weighted by Crippen LogP contribution is -2.46. The normalized spacial score (nSPS) is 15.1. The Kier molecular flexibility index (Phi) is 5.67. The fourth-order valence-electron chi connectivity index (χ4n) is 2.50. The highest BCUT2D eigenvalue weighted by atomic mass is 19.1. The molecular weight excluding hydrogens is 301 g/mol. The molecule has 0 spiro atoms. The van der Waals surface area contributed by atoms with E-state index < -0.39 is 6.03 Å². The average molecular weight is 321 g/mol. The van der Waals surface area contributed by atoms with Crippen molar-refractivity contribution >= 4 is 17.8 Å². The zero-order valence-corrected chi connectivity index (χ0v) is 13.0. The predicted molar refractivity (Wildman–Crippen MR) is 81.8 cm³/mol. The number of likely N-dealkylation sites (tertiary alicyclic amines) is 1. The molecule has 1 aliphatic rings. The van der Waals surface area contributed by atoms with Crippen molar-refractivity contribution in [1.29, 1.82) is 0 Å². The maximum absolute atomic E-state index is 12.8. The summed E-state index contributed by atoms with van der Waals surface area (Å²) in [5.74, 6) is -0.932. The van der Waals surface area contributed by atoms with E-state index in [4.69, 9.17) is 0 Å². The van der Waals surface area contributed by atoms with Crippen LogP contribution in [0.2, 0.25) is 0 Å². The topological polar surface area (TPSA) is 78.5 Å². The molecule has 0 aliphatic carbocycles. The van der Waals surface area contributed by atoms with E-state index in [-0.39, 0.29) is 30.1 Å². The molecule has 1 heterocycles. The molecule has 1 saturated heterocycles. The number of carbonyl (C=O) groups excluding carboxylic acids is 3. The van der Waals surface area contributed by atoms with Gasteiger partial charge >= 0.3 is 6.03 Å². The number of rotatable bonds is 3. The van der Waals surface area contributed by atoms with Crippen molar-refractivity contribution in [2.45, 2.75) is 26.3 Å². The third-order valence-electron chi connectivity index (χ3n) is 3.91. The average Bonchev–Trinajstić information content (AvgIpc) is 2.54. The summed E-state index contributed by atoms with van der Waals surface area (Å²) in [7, 11) is 0. The van der Waals surface area contributed by atoms with Crippen LogP contribution in [0.25, 0.3) is 0 Å². The van der Waals surface area contributed by atoms with Crippen LogP contribution in [0.3, 0.4) is 0 Å². The second kappa shape index (κ2) is 7.71. The van der Waals surface area contributed by atoms with Crippen molar-refractivity contribution in [2.75, 3.05) is 13.1 Å². The van der Waals surface area contributed by atoms with Crippen LogP contribution in [0.15, 0.2) is 24.3 Å². The number of hydrogen-bond donors (Lipinski definition) is 2. The van der Waals surface area contributed by atoms with Gasteiger partial charge in [-0.15, -0.1) is 0 Å². The van der Waals surface area contributed by atoms with Crippen LogP contribution >= 0.6 is 0 Å². The van der Waals surface area contributed by atoms with E-state index in [1.54, 1.807) is 17.0 Å². The van der Waals surface area contributed by atoms with Crippen molar-refractivity contribution in [1.82, 2.24) is 15.5 Å². The molecule has 7 heteroatoms. The van der Waals surface area contributed by atoms with E-state index in [2.05, 4.69) is 10.6 Å². The summed E-state index contributed by atoms with van der Waals surface area (Å²) in [6.07, 6.45) is 1.10. The molecule has 0 aromatic heterocycles. The van der Waals surface area contributed by atoms with E-state index in [0.29, 0.717) is 25.9 Å². The van der Waals surface area contributed by atoms with Gasteiger partial charge in [0.15, 0.2) is 0 Å². The Hall–Kier alpha value is -2.44. The molecule has 0 saturated carbocycles. The number of nitrogens with zero attached hydrogens (tertiary/aromatic N) is 1. The number of hydrogen-bond acceptors (Lipinski definition) is 3. The van der Waals surface area contributed by atoms with E-state index in [9.17, 15) is 18.8 Å². The highest BCUT2D eigenvalue weighted by Gasteiger charge is 2.26. The SMILES string of the molecule is CC(=O)N1CCC(C(=O)NC(=O)NCc2ccc(F)cc2)CC1. The number of halogens is 1. The summed E-state index contributed by atoms with van der Waals surface area (Å²) in [6, 6.07) is 5.17. The summed E-state index contributed by atoms with van der Waals surface area (Å²) in [6.45, 7) is 2.78. The molecule has 2 rings (SSSR count). The first-order valence-electron chi connectivity index (χ1n) is 7.54. The molecule has 1 aromatic carbocycles. The highest BCUT2D eigenvalue weighted by Crippen LogP contribution is 2.17. The quantitative estimate of drug-likeness (QED) is 0.883. The molecule has 1 aromatic rings. The van der Waals surface area contributed by atoms with Crippen LogP contribution in [0.5, 0.6) is 0 Å². The minimum absolute atomic E-state index is 0.000832. The van der Waals surface area contributed by atoms with E-state index in [1.165, 1.54) is 19.1 Å². The standard InChI is InChI=1S/C16H20FN3O3/c1-11(21)20-8-6-13(7-9-20)15(22)19-16(23)18-10-12-2-4-14(17)5-3-12/h2-5,13H,6-10H2,1H3,(H2,18,19,22,23). The first-order valence-corrected chi connectivity index (χ1v) is 7.54. The number of piperidine rings is 1. The minimum Gasteiger partial charge on any atom is -0.343 e. The third kappa shape index (κ3) is 5.05. The molecule has 0 radical (unpaired) electrons. The second-order valence-electron chi connectivity index (χ2n) is 5.58. The zero-order valence-electron chi connectivity index (χ0n) is 13.0. The van der Waals surface area contributed by atoms with Gasteiger partial charge < -0.3 is 10.2 Å². The summed E-state index contributed by atoms with van der Waals surface area (Å²) in [5.41, 5.74) is 0.740. The van der Waals surface area contributed by atoms with Gasteiger partial charge in [-0.25, -0.2) is 9.18 Å². The van der Waals surface area contributed by atoms with Gasteiger partial charge in [-0.2, -0.15) is 0 Å². The molecule has 4 amide bonds. The number of urea groups is 1. The number of benzene rings is 1. The smallest absolute Gasteiger partial charge is 0.321 e. The monoisotopic (exact) mass is 321 g/mol. The van der Waals surface area contributed by atoms with Gasteiger partial charge in [0, 0.05) is 32.5 Å². The fraction of sp³-hybridized carbons (Fsp3) is 0.438. The Bertz CT molecular complexity index is 581. The first kappa shape index (κ1) is 16.9. The second-order valence-corrected chi connectivity index (χ2v) is 5.58. The Labute approximate surface area is 134 Å². The van der Waals surface area contributed by atoms with Crippen molar-refractivity contribution in [2.24, 2.45) is 5.92 Å². The number of carbonyl (C=O) groups is 3. The minimum atomic E-state index is -0.576. The van der Waals surface area contributed by atoms with Crippen molar-refractivity contribution in [3.63, 3.8) is 0 Å². The number of amides is 4. The number of nitrogens with one attached hydrogen (secondary N) is 2. The van der Waals surface area contributed by atoms with E-state index in [1.807, 2.05) is 0 Å². The van der Waals surface area contributed by atoms with Gasteiger partial charge in [-0.05, 0) is 30.5 Å². The van der Waals surface area contributed by atoms with Crippen LogP contribution in [-0.2, 0) is 16.1 Å². The van der Waals surface area contributed by atoms with Crippen LogP contribution in [0.1, 0.15) is 25.3 Å². The van der Waals surface area contributed by atoms with Gasteiger partial charge in [0.1, 0.15) is 5.82 Å². The van der Waals surface area contributed by atoms with E-state index >= 15 is 0 Å². The summed E-state index contributed by atoms with van der Waals surface area (Å²) >= 11 is 0. The maximum Gasteiger partial charge on any atom is 0.321 e. The van der Waals surface area contributed by atoms with E-state index in [0.717, 1.165) is 5.56 Å². The molecule has 0 bridgehead atoms. The molecule has 23 heavy (non-hydrogen) atoms. The Balaban J connectivity index is 1.73. The third-order valence-corrected chi connectivity index (χ3v) is 3.91. The largest absolute Gasteiger partial charge is 0.343 e. The van der Waals surface area contributed by atoms with Crippen molar-refractivity contribution in [3.8, 4) is 0 Å². The molecule has 0 atom stereocenters.